The van der Waals surface area contributed by atoms with Crippen molar-refractivity contribution in [3.63, 3.8) is 0 Å². The van der Waals surface area contributed by atoms with Gasteiger partial charge in [0.05, 0.1) is 11.4 Å². The van der Waals surface area contributed by atoms with Crippen molar-refractivity contribution in [1.29, 1.82) is 0 Å². The van der Waals surface area contributed by atoms with E-state index < -0.39 is 0 Å². The van der Waals surface area contributed by atoms with Crippen LogP contribution in [0.4, 0.5) is 5.69 Å². The standard InChI is InChI=1S/C13H10INS/c1-3-5-10-12(4-2)16-13-7-6-9(14)8-11(13)15-10/h1,4-8,15H,2H3/b10-5+,12-4+. The van der Waals surface area contributed by atoms with Crippen LogP contribution < -0.4 is 5.32 Å². The zero-order valence-electron chi connectivity index (χ0n) is 8.75. The molecule has 16 heavy (non-hydrogen) atoms. The fourth-order valence-electron chi connectivity index (χ4n) is 1.47. The van der Waals surface area contributed by atoms with E-state index in [1.807, 2.05) is 6.92 Å². The Labute approximate surface area is 114 Å². The fourth-order valence-corrected chi connectivity index (χ4v) is 2.90. The minimum Gasteiger partial charge on any atom is -0.353 e. The van der Waals surface area contributed by atoms with E-state index in [2.05, 4.69) is 58.1 Å². The lowest BCUT2D eigenvalue weighted by atomic mass is 10.2. The van der Waals surface area contributed by atoms with Crippen LogP contribution in [0.15, 0.2) is 45.8 Å². The normalized spacial score (nSPS) is 19.1. The van der Waals surface area contributed by atoms with E-state index in [1.165, 1.54) is 13.4 Å². The molecule has 0 bridgehead atoms. The summed E-state index contributed by atoms with van der Waals surface area (Å²) in [6.07, 6.45) is 9.16. The molecule has 1 aliphatic rings. The molecule has 1 heterocycles. The van der Waals surface area contributed by atoms with Crippen LogP contribution in [0.3, 0.4) is 0 Å². The number of benzene rings is 1. The van der Waals surface area contributed by atoms with Crippen LogP contribution in [0, 0.1) is 15.9 Å². The van der Waals surface area contributed by atoms with E-state index in [-0.39, 0.29) is 0 Å². The molecule has 0 atom stereocenters. The summed E-state index contributed by atoms with van der Waals surface area (Å²) in [4.78, 5) is 2.41. The number of hydrogen-bond donors (Lipinski definition) is 1. The molecule has 0 unspecified atom stereocenters. The van der Waals surface area contributed by atoms with E-state index >= 15 is 0 Å². The van der Waals surface area contributed by atoms with E-state index in [0.29, 0.717) is 0 Å². The molecule has 1 aromatic rings. The number of rotatable bonds is 0. The molecule has 0 saturated carbocycles. The zero-order valence-corrected chi connectivity index (χ0v) is 11.7. The number of halogens is 1. The summed E-state index contributed by atoms with van der Waals surface area (Å²) in [6, 6.07) is 6.36. The van der Waals surface area contributed by atoms with Gasteiger partial charge in [-0.05, 0) is 47.7 Å². The van der Waals surface area contributed by atoms with Crippen LogP contribution in [-0.2, 0) is 0 Å². The molecule has 80 valence electrons. The van der Waals surface area contributed by atoms with Gasteiger partial charge >= 0.3 is 0 Å². The molecular formula is C13H10INS. The highest BCUT2D eigenvalue weighted by atomic mass is 127. The second-order valence-electron chi connectivity index (χ2n) is 3.25. The van der Waals surface area contributed by atoms with Gasteiger partial charge in [0.1, 0.15) is 0 Å². The Kier molecular flexibility index (Phi) is 3.62. The molecule has 0 radical (unpaired) electrons. The highest BCUT2D eigenvalue weighted by molar-refractivity contribution is 14.1. The molecule has 1 nitrogen and oxygen atoms in total. The molecule has 0 aromatic heterocycles. The van der Waals surface area contributed by atoms with Crippen molar-refractivity contribution in [2.24, 2.45) is 0 Å². The molecule has 0 amide bonds. The van der Waals surface area contributed by atoms with E-state index in [1.54, 1.807) is 17.8 Å². The third-order valence-corrected chi connectivity index (χ3v) is 4.11. The second-order valence-corrected chi connectivity index (χ2v) is 5.57. The third-order valence-electron chi connectivity index (χ3n) is 2.19. The Morgan fingerprint density at radius 3 is 3.00 bits per heavy atom. The predicted octanol–water partition coefficient (Wildman–Crippen LogP) is 4.23. The SMILES string of the molecule is C#C/C=C1/Nc2cc(I)ccc2S/C1=C/C. The smallest absolute Gasteiger partial charge is 0.0607 e. The summed E-state index contributed by atoms with van der Waals surface area (Å²) < 4.78 is 1.22. The topological polar surface area (TPSA) is 12.0 Å². The van der Waals surface area contributed by atoms with Gasteiger partial charge in [-0.2, -0.15) is 0 Å². The average Bonchev–Trinajstić information content (AvgIpc) is 2.28. The zero-order chi connectivity index (χ0) is 11.5. The number of hydrogen-bond acceptors (Lipinski definition) is 2. The Bertz CT molecular complexity index is 523. The average molecular weight is 339 g/mol. The quantitative estimate of drug-likeness (QED) is 0.561. The maximum atomic E-state index is 5.32. The summed E-state index contributed by atoms with van der Waals surface area (Å²) in [6.45, 7) is 2.02. The van der Waals surface area contributed by atoms with Crippen LogP contribution in [0.5, 0.6) is 0 Å². The van der Waals surface area contributed by atoms with Gasteiger partial charge in [0.25, 0.3) is 0 Å². The largest absolute Gasteiger partial charge is 0.353 e. The van der Waals surface area contributed by atoms with Crippen LogP contribution in [0.1, 0.15) is 6.92 Å². The molecule has 1 aromatic carbocycles. The summed E-state index contributed by atoms with van der Waals surface area (Å²) in [5, 5.41) is 3.36. The highest BCUT2D eigenvalue weighted by Crippen LogP contribution is 2.42. The van der Waals surface area contributed by atoms with Gasteiger partial charge in [-0.25, -0.2) is 0 Å². The van der Waals surface area contributed by atoms with Crippen molar-refractivity contribution in [3.8, 4) is 12.3 Å². The van der Waals surface area contributed by atoms with Crippen molar-refractivity contribution >= 4 is 40.0 Å². The van der Waals surface area contributed by atoms with Crippen LogP contribution in [0.2, 0.25) is 0 Å². The molecule has 1 N–H and O–H groups in total. The number of fused-ring (bicyclic) bond motifs is 1. The summed E-state index contributed by atoms with van der Waals surface area (Å²) >= 11 is 4.05. The Hall–Kier alpha value is -0.860. The van der Waals surface area contributed by atoms with Gasteiger partial charge < -0.3 is 5.32 Å². The van der Waals surface area contributed by atoms with Crippen LogP contribution in [-0.4, -0.2) is 0 Å². The van der Waals surface area contributed by atoms with Gasteiger partial charge in [0.2, 0.25) is 0 Å². The molecule has 0 spiro atoms. The first-order chi connectivity index (χ1) is 7.74. The second kappa shape index (κ2) is 4.98. The summed E-state index contributed by atoms with van der Waals surface area (Å²) in [5.41, 5.74) is 2.13. The minimum absolute atomic E-state index is 1.00. The van der Waals surface area contributed by atoms with Crippen LogP contribution >= 0.6 is 34.4 Å². The molecule has 3 heteroatoms. The third kappa shape index (κ3) is 2.28. The highest BCUT2D eigenvalue weighted by Gasteiger charge is 2.16. The first kappa shape index (κ1) is 11.6. The first-order valence-corrected chi connectivity index (χ1v) is 6.71. The molecule has 2 rings (SSSR count). The van der Waals surface area contributed by atoms with E-state index in [9.17, 15) is 0 Å². The monoisotopic (exact) mass is 339 g/mol. The Morgan fingerprint density at radius 2 is 2.31 bits per heavy atom. The van der Waals surface area contributed by atoms with Crippen molar-refractivity contribution < 1.29 is 0 Å². The number of anilines is 1. The number of allylic oxidation sites excluding steroid dienone is 2. The molecule has 0 fully saturated rings. The lowest BCUT2D eigenvalue weighted by molar-refractivity contribution is 1.32. The molecule has 1 aliphatic heterocycles. The maximum absolute atomic E-state index is 5.32. The first-order valence-electron chi connectivity index (χ1n) is 4.82. The fraction of sp³-hybridized carbons (Fsp3) is 0.0769. The minimum atomic E-state index is 1.00. The number of thioether (sulfide) groups is 1. The summed E-state index contributed by atoms with van der Waals surface area (Å²) in [5.74, 6) is 2.57. The predicted molar refractivity (Wildman–Crippen MR) is 79.3 cm³/mol. The van der Waals surface area contributed by atoms with Gasteiger partial charge in [0, 0.05) is 19.4 Å². The number of nitrogens with one attached hydrogen (secondary N) is 1. The van der Waals surface area contributed by atoms with Gasteiger partial charge in [-0.1, -0.05) is 23.8 Å². The Balaban J connectivity index is 2.47. The molecular weight excluding hydrogens is 329 g/mol. The summed E-state index contributed by atoms with van der Waals surface area (Å²) in [7, 11) is 0. The van der Waals surface area contributed by atoms with Gasteiger partial charge in [0.15, 0.2) is 0 Å². The molecule has 0 saturated heterocycles. The van der Waals surface area contributed by atoms with Crippen molar-refractivity contribution in [1.82, 2.24) is 0 Å². The van der Waals surface area contributed by atoms with E-state index in [4.69, 9.17) is 6.42 Å². The Morgan fingerprint density at radius 1 is 1.50 bits per heavy atom. The lowest BCUT2D eigenvalue weighted by Crippen LogP contribution is -2.07. The van der Waals surface area contributed by atoms with Crippen molar-refractivity contribution in [3.05, 3.63) is 44.5 Å². The van der Waals surface area contributed by atoms with Crippen molar-refractivity contribution in [2.75, 3.05) is 5.32 Å². The number of terminal acetylenes is 1. The maximum Gasteiger partial charge on any atom is 0.0607 e. The van der Waals surface area contributed by atoms with Gasteiger partial charge in [-0.15, -0.1) is 6.42 Å². The van der Waals surface area contributed by atoms with E-state index in [0.717, 1.165) is 11.4 Å². The molecule has 0 aliphatic carbocycles. The van der Waals surface area contributed by atoms with Crippen LogP contribution in [0.25, 0.3) is 0 Å². The lowest BCUT2D eigenvalue weighted by Gasteiger charge is -2.22. The van der Waals surface area contributed by atoms with Crippen molar-refractivity contribution in [2.45, 2.75) is 11.8 Å². The van der Waals surface area contributed by atoms with Gasteiger partial charge in [-0.3, -0.25) is 0 Å².